The van der Waals surface area contributed by atoms with Crippen molar-refractivity contribution in [1.29, 1.82) is 0 Å². The third-order valence-electron chi connectivity index (χ3n) is 4.54. The Bertz CT molecular complexity index is 560. The van der Waals surface area contributed by atoms with E-state index in [1.165, 1.54) is 6.42 Å². The van der Waals surface area contributed by atoms with Gasteiger partial charge in [-0.3, -0.25) is 9.98 Å². The molecule has 0 spiro atoms. The number of hydrogen-bond acceptors (Lipinski definition) is 3. The number of likely N-dealkylation sites (tertiary alicyclic amines) is 1. The highest BCUT2D eigenvalue weighted by atomic mass is 16.5. The molecule has 2 unspecified atom stereocenters. The Kier molecular flexibility index (Phi) is 5.85. The van der Waals surface area contributed by atoms with Crippen molar-refractivity contribution in [2.24, 2.45) is 16.8 Å². The average Bonchev–Trinajstić information content (AvgIpc) is 2.49. The molecule has 0 aromatic carbocycles. The summed E-state index contributed by atoms with van der Waals surface area (Å²) in [6, 6.07) is 0. The summed E-state index contributed by atoms with van der Waals surface area (Å²) in [4.78, 5) is 11.4. The predicted molar refractivity (Wildman–Crippen MR) is 95.0 cm³/mol. The largest absolute Gasteiger partial charge is 0.496 e. The van der Waals surface area contributed by atoms with Crippen LogP contribution in [0.25, 0.3) is 0 Å². The molecule has 23 heavy (non-hydrogen) atoms. The minimum Gasteiger partial charge on any atom is -0.496 e. The molecule has 1 aromatic rings. The molecule has 0 amide bonds. The van der Waals surface area contributed by atoms with Crippen LogP contribution in [0.1, 0.15) is 37.1 Å². The summed E-state index contributed by atoms with van der Waals surface area (Å²) < 4.78 is 5.49. The smallest absolute Gasteiger partial charge is 0.193 e. The predicted octanol–water partition coefficient (Wildman–Crippen LogP) is 2.76. The number of guanidine groups is 1. The molecule has 5 heteroatoms. The van der Waals surface area contributed by atoms with Crippen molar-refractivity contribution in [1.82, 2.24) is 15.2 Å². The van der Waals surface area contributed by atoms with Gasteiger partial charge in [-0.2, -0.15) is 0 Å². The number of rotatable bonds is 3. The molecule has 1 aliphatic heterocycles. The molecule has 5 nitrogen and oxygen atoms in total. The van der Waals surface area contributed by atoms with Gasteiger partial charge >= 0.3 is 0 Å². The second-order valence-corrected chi connectivity index (χ2v) is 6.80. The van der Waals surface area contributed by atoms with Crippen molar-refractivity contribution in [2.45, 2.75) is 40.7 Å². The summed E-state index contributed by atoms with van der Waals surface area (Å²) in [7, 11) is 3.56. The molecule has 0 bridgehead atoms. The number of methoxy groups -OCH3 is 1. The number of aryl methyl sites for hydroxylation is 1. The second-order valence-electron chi connectivity index (χ2n) is 6.80. The zero-order valence-corrected chi connectivity index (χ0v) is 15.3. The van der Waals surface area contributed by atoms with Crippen LogP contribution in [0, 0.1) is 25.7 Å². The summed E-state index contributed by atoms with van der Waals surface area (Å²) in [5, 5.41) is 3.47. The Morgan fingerprint density at radius 2 is 2.00 bits per heavy atom. The van der Waals surface area contributed by atoms with Crippen LogP contribution in [0.4, 0.5) is 0 Å². The fourth-order valence-corrected chi connectivity index (χ4v) is 3.58. The second kappa shape index (κ2) is 7.66. The molecule has 128 valence electrons. The van der Waals surface area contributed by atoms with Crippen LogP contribution in [0.3, 0.4) is 0 Å². The van der Waals surface area contributed by atoms with Crippen LogP contribution in [0.5, 0.6) is 5.75 Å². The molecular formula is C18H30N4O. The van der Waals surface area contributed by atoms with E-state index in [1.807, 2.05) is 20.2 Å². The topological polar surface area (TPSA) is 49.8 Å². The van der Waals surface area contributed by atoms with Gasteiger partial charge < -0.3 is 15.0 Å². The van der Waals surface area contributed by atoms with Crippen molar-refractivity contribution in [3.05, 3.63) is 23.0 Å². The molecule has 0 aliphatic carbocycles. The number of nitrogens with one attached hydrogen (secondary N) is 1. The number of pyridine rings is 1. The van der Waals surface area contributed by atoms with E-state index in [0.29, 0.717) is 18.4 Å². The molecule has 2 atom stereocenters. The summed E-state index contributed by atoms with van der Waals surface area (Å²) in [5.41, 5.74) is 3.17. The fourth-order valence-electron chi connectivity index (χ4n) is 3.58. The van der Waals surface area contributed by atoms with Gasteiger partial charge in [0.15, 0.2) is 5.96 Å². The first kappa shape index (κ1) is 17.6. The number of piperidine rings is 1. The minimum absolute atomic E-state index is 0.661. The summed E-state index contributed by atoms with van der Waals surface area (Å²) in [5.74, 6) is 3.30. The molecule has 0 radical (unpaired) electrons. The number of hydrogen-bond donors (Lipinski definition) is 1. The first-order valence-corrected chi connectivity index (χ1v) is 8.40. The van der Waals surface area contributed by atoms with Gasteiger partial charge in [-0.25, -0.2) is 0 Å². The van der Waals surface area contributed by atoms with E-state index in [0.717, 1.165) is 41.6 Å². The van der Waals surface area contributed by atoms with Gasteiger partial charge in [0.2, 0.25) is 0 Å². The lowest BCUT2D eigenvalue weighted by Gasteiger charge is -2.37. The normalized spacial score (nSPS) is 22.2. The van der Waals surface area contributed by atoms with Crippen molar-refractivity contribution in [3.8, 4) is 5.75 Å². The van der Waals surface area contributed by atoms with Crippen LogP contribution in [0.2, 0.25) is 0 Å². The lowest BCUT2D eigenvalue weighted by atomic mass is 9.92. The number of aromatic nitrogens is 1. The molecule has 1 saturated heterocycles. The minimum atomic E-state index is 0.661. The van der Waals surface area contributed by atoms with Crippen LogP contribution in [-0.2, 0) is 6.54 Å². The van der Waals surface area contributed by atoms with Crippen molar-refractivity contribution < 1.29 is 4.74 Å². The zero-order valence-electron chi connectivity index (χ0n) is 15.3. The van der Waals surface area contributed by atoms with Crippen LogP contribution >= 0.6 is 0 Å². The third kappa shape index (κ3) is 4.15. The van der Waals surface area contributed by atoms with E-state index >= 15 is 0 Å². The van der Waals surface area contributed by atoms with Crippen molar-refractivity contribution >= 4 is 5.96 Å². The maximum absolute atomic E-state index is 5.49. The molecule has 0 saturated carbocycles. The fraction of sp³-hybridized carbons (Fsp3) is 0.667. The molecule has 1 aromatic heterocycles. The Labute approximate surface area is 140 Å². The van der Waals surface area contributed by atoms with Gasteiger partial charge in [-0.15, -0.1) is 0 Å². The Morgan fingerprint density at radius 1 is 1.35 bits per heavy atom. The molecule has 1 fully saturated rings. The zero-order chi connectivity index (χ0) is 17.0. The highest BCUT2D eigenvalue weighted by Crippen LogP contribution is 2.24. The summed E-state index contributed by atoms with van der Waals surface area (Å²) >= 11 is 0. The van der Waals surface area contributed by atoms with Crippen molar-refractivity contribution in [3.63, 3.8) is 0 Å². The van der Waals surface area contributed by atoms with Crippen LogP contribution < -0.4 is 10.1 Å². The molecule has 1 N–H and O–H groups in total. The van der Waals surface area contributed by atoms with Gasteiger partial charge in [0.1, 0.15) is 5.75 Å². The van der Waals surface area contributed by atoms with E-state index in [-0.39, 0.29) is 0 Å². The van der Waals surface area contributed by atoms with E-state index in [2.05, 4.69) is 41.0 Å². The van der Waals surface area contributed by atoms with Crippen LogP contribution in [-0.4, -0.2) is 43.1 Å². The third-order valence-corrected chi connectivity index (χ3v) is 4.54. The van der Waals surface area contributed by atoms with Gasteiger partial charge in [-0.05, 0) is 32.1 Å². The molecule has 2 rings (SSSR count). The average molecular weight is 318 g/mol. The number of nitrogens with zero attached hydrogens (tertiary/aromatic N) is 3. The Hall–Kier alpha value is -1.78. The molecule has 2 heterocycles. The lowest BCUT2D eigenvalue weighted by Crippen LogP contribution is -2.48. The quantitative estimate of drug-likeness (QED) is 0.688. The highest BCUT2D eigenvalue weighted by molar-refractivity contribution is 5.80. The van der Waals surface area contributed by atoms with E-state index in [9.17, 15) is 0 Å². The van der Waals surface area contributed by atoms with E-state index in [4.69, 9.17) is 4.74 Å². The monoisotopic (exact) mass is 318 g/mol. The Morgan fingerprint density at radius 3 is 2.57 bits per heavy atom. The standard InChI is InChI=1S/C18H30N4O/c1-12-7-13(2)11-22(10-12)18(19-5)21-9-16-15(4)17(23-6)14(3)8-20-16/h8,12-13H,7,9-11H2,1-6H3,(H,19,21). The molecular weight excluding hydrogens is 288 g/mol. The van der Waals surface area contributed by atoms with E-state index < -0.39 is 0 Å². The maximum Gasteiger partial charge on any atom is 0.193 e. The van der Waals surface area contributed by atoms with Crippen molar-refractivity contribution in [2.75, 3.05) is 27.2 Å². The Balaban J connectivity index is 2.07. The highest BCUT2D eigenvalue weighted by Gasteiger charge is 2.24. The van der Waals surface area contributed by atoms with Gasteiger partial charge in [0, 0.05) is 37.5 Å². The van der Waals surface area contributed by atoms with E-state index in [1.54, 1.807) is 7.11 Å². The lowest BCUT2D eigenvalue weighted by molar-refractivity contribution is 0.208. The number of ether oxygens (including phenoxy) is 1. The first-order chi connectivity index (χ1) is 11.0. The number of aliphatic imine (C=N–C) groups is 1. The van der Waals surface area contributed by atoms with Gasteiger partial charge in [0.25, 0.3) is 0 Å². The first-order valence-electron chi connectivity index (χ1n) is 8.40. The maximum atomic E-state index is 5.49. The summed E-state index contributed by atoms with van der Waals surface area (Å²) in [6.07, 6.45) is 3.17. The van der Waals surface area contributed by atoms with Gasteiger partial charge in [-0.1, -0.05) is 13.8 Å². The SMILES string of the molecule is CN=C(NCc1ncc(C)c(OC)c1C)N1CC(C)CC(C)C1. The van der Waals surface area contributed by atoms with Gasteiger partial charge in [0.05, 0.1) is 19.3 Å². The molecule has 1 aliphatic rings. The van der Waals surface area contributed by atoms with Crippen LogP contribution in [0.15, 0.2) is 11.2 Å². The summed E-state index contributed by atoms with van der Waals surface area (Å²) in [6.45, 7) is 11.5.